The second kappa shape index (κ2) is 2.81. The molecule has 0 aromatic rings. The standard InChI is InChI=1S/C4H7N3O2/c1-3(5)2-4(6)7(8)9/h2,6H,5H2,1H3/b3-2-,6-4?. The second-order valence-electron chi connectivity index (χ2n) is 1.53. The summed E-state index contributed by atoms with van der Waals surface area (Å²) in [5.74, 6) is -0.685. The van der Waals surface area contributed by atoms with Crippen LogP contribution >= 0.6 is 0 Å². The monoisotopic (exact) mass is 129 g/mol. The molecule has 9 heavy (non-hydrogen) atoms. The largest absolute Gasteiger partial charge is 0.402 e. The van der Waals surface area contributed by atoms with Gasteiger partial charge in [0.25, 0.3) is 0 Å². The fourth-order valence-corrected chi connectivity index (χ4v) is 0.268. The van der Waals surface area contributed by atoms with E-state index in [4.69, 9.17) is 11.1 Å². The van der Waals surface area contributed by atoms with E-state index in [9.17, 15) is 10.1 Å². The molecular formula is C4H7N3O2. The molecule has 50 valence electrons. The summed E-state index contributed by atoms with van der Waals surface area (Å²) in [6.07, 6.45) is 0.986. The van der Waals surface area contributed by atoms with Crippen molar-refractivity contribution in [2.45, 2.75) is 6.92 Å². The van der Waals surface area contributed by atoms with Crippen LogP contribution in [0.3, 0.4) is 0 Å². The molecule has 0 aromatic heterocycles. The highest BCUT2D eigenvalue weighted by molar-refractivity contribution is 5.83. The van der Waals surface area contributed by atoms with Gasteiger partial charge in [-0.15, -0.1) is 0 Å². The number of nitrogens with one attached hydrogen (secondary N) is 1. The molecule has 0 aliphatic carbocycles. The van der Waals surface area contributed by atoms with Gasteiger partial charge in [0.05, 0.1) is 6.08 Å². The fraction of sp³-hybridized carbons (Fsp3) is 0.250. The minimum atomic E-state index is -0.809. The van der Waals surface area contributed by atoms with Gasteiger partial charge < -0.3 is 15.8 Å². The third-order valence-electron chi connectivity index (χ3n) is 0.561. The van der Waals surface area contributed by atoms with E-state index < -0.39 is 10.8 Å². The van der Waals surface area contributed by atoms with Gasteiger partial charge in [-0.3, -0.25) is 0 Å². The van der Waals surface area contributed by atoms with E-state index in [1.807, 2.05) is 0 Å². The lowest BCUT2D eigenvalue weighted by atomic mass is 10.4. The topological polar surface area (TPSA) is 93.0 Å². The molecular weight excluding hydrogens is 122 g/mol. The lowest BCUT2D eigenvalue weighted by Crippen LogP contribution is -2.08. The van der Waals surface area contributed by atoms with Crippen LogP contribution in [-0.4, -0.2) is 10.8 Å². The summed E-state index contributed by atoms with van der Waals surface area (Å²) in [5.41, 5.74) is 5.31. The Labute approximate surface area is 51.8 Å². The first-order valence-electron chi connectivity index (χ1n) is 2.20. The van der Waals surface area contributed by atoms with Crippen LogP contribution in [0.5, 0.6) is 0 Å². The minimum absolute atomic E-state index is 0.261. The molecule has 3 N–H and O–H groups in total. The molecule has 0 aliphatic heterocycles. The number of allylic oxidation sites excluding steroid dienone is 1. The van der Waals surface area contributed by atoms with Gasteiger partial charge in [0.2, 0.25) is 0 Å². The lowest BCUT2D eigenvalue weighted by Gasteiger charge is -1.88. The first kappa shape index (κ1) is 7.61. The zero-order valence-corrected chi connectivity index (χ0v) is 4.92. The van der Waals surface area contributed by atoms with Crippen LogP contribution in [0.15, 0.2) is 11.8 Å². The van der Waals surface area contributed by atoms with Crippen LogP contribution < -0.4 is 5.73 Å². The molecule has 5 heteroatoms. The van der Waals surface area contributed by atoms with Crippen LogP contribution in [0, 0.1) is 15.5 Å². The number of amidine groups is 1. The van der Waals surface area contributed by atoms with Crippen molar-refractivity contribution in [2.75, 3.05) is 0 Å². The highest BCUT2D eigenvalue weighted by Gasteiger charge is 2.00. The van der Waals surface area contributed by atoms with Gasteiger partial charge >= 0.3 is 5.84 Å². The maximum atomic E-state index is 9.72. The summed E-state index contributed by atoms with van der Waals surface area (Å²) in [6.45, 7) is 1.48. The van der Waals surface area contributed by atoms with E-state index in [1.54, 1.807) is 0 Å². The van der Waals surface area contributed by atoms with Crippen LogP contribution in [0.25, 0.3) is 0 Å². The van der Waals surface area contributed by atoms with Crippen molar-refractivity contribution in [2.24, 2.45) is 5.73 Å². The van der Waals surface area contributed by atoms with Crippen LogP contribution in [0.1, 0.15) is 6.92 Å². The number of hydrogen-bond donors (Lipinski definition) is 2. The highest BCUT2D eigenvalue weighted by atomic mass is 16.6. The Morgan fingerprint density at radius 1 is 1.89 bits per heavy atom. The number of hydrogen-bond acceptors (Lipinski definition) is 4. The predicted molar refractivity (Wildman–Crippen MR) is 32.7 cm³/mol. The van der Waals surface area contributed by atoms with Crippen LogP contribution in [0.4, 0.5) is 0 Å². The van der Waals surface area contributed by atoms with Crippen LogP contribution in [0.2, 0.25) is 0 Å². The summed E-state index contributed by atoms with van der Waals surface area (Å²) in [5, 5.41) is 16.3. The lowest BCUT2D eigenvalue weighted by molar-refractivity contribution is -0.349. The van der Waals surface area contributed by atoms with E-state index in [0.717, 1.165) is 6.08 Å². The number of rotatable bonds is 1. The summed E-state index contributed by atoms with van der Waals surface area (Å²) in [4.78, 5) is 8.91. The van der Waals surface area contributed by atoms with Gasteiger partial charge in [0.1, 0.15) is 0 Å². The molecule has 0 bridgehead atoms. The Morgan fingerprint density at radius 2 is 2.33 bits per heavy atom. The first-order chi connectivity index (χ1) is 4.04. The molecule has 0 aliphatic rings. The van der Waals surface area contributed by atoms with Gasteiger partial charge in [-0.2, -0.15) is 0 Å². The molecule has 0 amide bonds. The number of nitrogens with two attached hydrogens (primary N) is 1. The van der Waals surface area contributed by atoms with Crippen molar-refractivity contribution in [3.8, 4) is 0 Å². The molecule has 0 saturated heterocycles. The van der Waals surface area contributed by atoms with Crippen molar-refractivity contribution in [3.63, 3.8) is 0 Å². The van der Waals surface area contributed by atoms with Crippen LogP contribution in [-0.2, 0) is 0 Å². The van der Waals surface area contributed by atoms with E-state index in [-0.39, 0.29) is 5.70 Å². The normalized spacial score (nSPS) is 11.0. The van der Waals surface area contributed by atoms with E-state index in [1.165, 1.54) is 6.92 Å². The molecule has 0 saturated carbocycles. The van der Waals surface area contributed by atoms with Crippen molar-refractivity contribution in [1.82, 2.24) is 0 Å². The van der Waals surface area contributed by atoms with E-state index in [0.29, 0.717) is 0 Å². The Balaban J connectivity index is 4.09. The number of nitrogens with zero attached hydrogens (tertiary/aromatic N) is 1. The van der Waals surface area contributed by atoms with Gasteiger partial charge in [-0.05, 0) is 11.8 Å². The first-order valence-corrected chi connectivity index (χ1v) is 2.20. The molecule has 0 unspecified atom stereocenters. The van der Waals surface area contributed by atoms with Crippen molar-refractivity contribution >= 4 is 5.84 Å². The van der Waals surface area contributed by atoms with E-state index >= 15 is 0 Å². The summed E-state index contributed by atoms with van der Waals surface area (Å²) < 4.78 is 0. The maximum Gasteiger partial charge on any atom is 0.357 e. The SMILES string of the molecule is C/C(N)=C/C(=N)[N+](=O)[O-]. The Kier molecular flexibility index (Phi) is 2.37. The summed E-state index contributed by atoms with van der Waals surface area (Å²) >= 11 is 0. The predicted octanol–water partition coefficient (Wildman–Crippen LogP) is 0.103. The average Bonchev–Trinajstić information content (AvgIpc) is 1.63. The molecule has 0 aromatic carbocycles. The van der Waals surface area contributed by atoms with Crippen molar-refractivity contribution in [3.05, 3.63) is 21.9 Å². The van der Waals surface area contributed by atoms with E-state index in [2.05, 4.69) is 0 Å². The average molecular weight is 129 g/mol. The quantitative estimate of drug-likeness (QED) is 0.227. The number of nitro groups is 1. The molecule has 0 spiro atoms. The Morgan fingerprint density at radius 3 is 2.44 bits per heavy atom. The van der Waals surface area contributed by atoms with Gasteiger partial charge in [-0.1, -0.05) is 5.41 Å². The smallest absolute Gasteiger partial charge is 0.357 e. The molecule has 0 atom stereocenters. The molecule has 5 nitrogen and oxygen atoms in total. The van der Waals surface area contributed by atoms with Gasteiger partial charge in [0, 0.05) is 5.70 Å². The Bertz CT molecular complexity index is 169. The maximum absolute atomic E-state index is 9.72. The van der Waals surface area contributed by atoms with Crippen molar-refractivity contribution < 1.29 is 4.92 Å². The van der Waals surface area contributed by atoms with Gasteiger partial charge in [0.15, 0.2) is 0 Å². The highest BCUT2D eigenvalue weighted by Crippen LogP contribution is 1.82. The Hall–Kier alpha value is -1.39. The fourth-order valence-electron chi connectivity index (χ4n) is 0.268. The third-order valence-corrected chi connectivity index (χ3v) is 0.561. The molecule has 0 radical (unpaired) electrons. The minimum Gasteiger partial charge on any atom is -0.402 e. The summed E-state index contributed by atoms with van der Waals surface area (Å²) in [7, 11) is 0. The van der Waals surface area contributed by atoms with Gasteiger partial charge in [-0.25, -0.2) is 0 Å². The molecule has 0 heterocycles. The zero-order chi connectivity index (χ0) is 7.44. The molecule has 0 rings (SSSR count). The third kappa shape index (κ3) is 3.22. The second-order valence-corrected chi connectivity index (χ2v) is 1.53. The summed E-state index contributed by atoms with van der Waals surface area (Å²) in [6, 6.07) is 0. The van der Waals surface area contributed by atoms with Crippen molar-refractivity contribution in [1.29, 1.82) is 5.41 Å². The zero-order valence-electron chi connectivity index (χ0n) is 4.92. The molecule has 0 fully saturated rings.